The predicted molar refractivity (Wildman–Crippen MR) is 78.3 cm³/mol. The fourth-order valence-corrected chi connectivity index (χ4v) is 1.49. The Hall–Kier alpha value is -2.03. The smallest absolute Gasteiger partial charge is 0.263 e. The van der Waals surface area contributed by atoms with Crippen molar-refractivity contribution in [3.05, 3.63) is 41.1 Å². The minimum absolute atomic E-state index is 0.0115. The van der Waals surface area contributed by atoms with Crippen LogP contribution in [0.15, 0.2) is 36.0 Å². The summed E-state index contributed by atoms with van der Waals surface area (Å²) in [6.45, 7) is 1.03. The maximum absolute atomic E-state index is 11.7. The second kappa shape index (κ2) is 8.97. The zero-order valence-corrected chi connectivity index (χ0v) is 11.9. The first-order chi connectivity index (χ1) is 9.67. The summed E-state index contributed by atoms with van der Waals surface area (Å²) in [5, 5.41) is 15.1. The van der Waals surface area contributed by atoms with Gasteiger partial charge in [-0.3, -0.25) is 4.79 Å². The average molecular weight is 294 g/mol. The molecule has 0 aliphatic heterocycles. The van der Waals surface area contributed by atoms with E-state index in [1.165, 1.54) is 6.20 Å². The largest absolute Gasteiger partial charge is 0.385 e. The number of hydrogen-bond acceptors (Lipinski definition) is 4. The second-order valence-electron chi connectivity index (χ2n) is 3.92. The van der Waals surface area contributed by atoms with Crippen LogP contribution >= 0.6 is 11.6 Å². The van der Waals surface area contributed by atoms with Crippen LogP contribution in [-0.2, 0) is 9.53 Å². The van der Waals surface area contributed by atoms with E-state index in [2.05, 4.69) is 10.6 Å². The van der Waals surface area contributed by atoms with Gasteiger partial charge in [-0.1, -0.05) is 11.6 Å². The molecule has 0 aromatic heterocycles. The topological polar surface area (TPSA) is 74.1 Å². The maximum Gasteiger partial charge on any atom is 0.263 e. The van der Waals surface area contributed by atoms with E-state index in [-0.39, 0.29) is 5.57 Å². The van der Waals surface area contributed by atoms with E-state index in [4.69, 9.17) is 21.6 Å². The van der Waals surface area contributed by atoms with E-state index in [0.29, 0.717) is 24.6 Å². The van der Waals surface area contributed by atoms with Gasteiger partial charge in [0.1, 0.15) is 11.6 Å². The minimum Gasteiger partial charge on any atom is -0.385 e. The molecule has 0 unspecified atom stereocenters. The Morgan fingerprint density at radius 3 is 2.75 bits per heavy atom. The number of nitrogens with zero attached hydrogens (tertiary/aromatic N) is 1. The first-order valence-corrected chi connectivity index (χ1v) is 6.44. The van der Waals surface area contributed by atoms with E-state index < -0.39 is 5.91 Å². The fourth-order valence-electron chi connectivity index (χ4n) is 1.36. The van der Waals surface area contributed by atoms with Crippen molar-refractivity contribution in [1.82, 2.24) is 5.32 Å². The molecule has 0 saturated heterocycles. The summed E-state index contributed by atoms with van der Waals surface area (Å²) in [7, 11) is 1.60. The van der Waals surface area contributed by atoms with Crippen molar-refractivity contribution in [2.45, 2.75) is 6.42 Å². The molecule has 0 heterocycles. The van der Waals surface area contributed by atoms with Crippen molar-refractivity contribution in [2.24, 2.45) is 0 Å². The normalized spacial score (nSPS) is 10.8. The summed E-state index contributed by atoms with van der Waals surface area (Å²) in [6.07, 6.45) is 2.07. The Morgan fingerprint density at radius 2 is 2.15 bits per heavy atom. The molecule has 0 atom stereocenters. The lowest BCUT2D eigenvalue weighted by Gasteiger charge is -2.05. The molecule has 1 aromatic rings. The van der Waals surface area contributed by atoms with Crippen LogP contribution in [0.4, 0.5) is 5.69 Å². The van der Waals surface area contributed by atoms with E-state index in [1.807, 2.05) is 6.07 Å². The summed E-state index contributed by atoms with van der Waals surface area (Å²) in [5.41, 5.74) is 0.756. The number of amides is 1. The van der Waals surface area contributed by atoms with Crippen LogP contribution in [-0.4, -0.2) is 26.2 Å². The maximum atomic E-state index is 11.7. The Morgan fingerprint density at radius 1 is 1.45 bits per heavy atom. The highest BCUT2D eigenvalue weighted by atomic mass is 35.5. The first-order valence-electron chi connectivity index (χ1n) is 6.07. The molecule has 0 fully saturated rings. The molecule has 0 aliphatic rings. The average Bonchev–Trinajstić information content (AvgIpc) is 2.46. The molecular weight excluding hydrogens is 278 g/mol. The Bertz CT molecular complexity index is 506. The van der Waals surface area contributed by atoms with Gasteiger partial charge in [0, 0.05) is 37.2 Å². The molecular formula is C14H16ClN3O2. The summed E-state index contributed by atoms with van der Waals surface area (Å²) >= 11 is 5.77. The Kier molecular flexibility index (Phi) is 7.18. The lowest BCUT2D eigenvalue weighted by Crippen LogP contribution is -2.26. The third-order valence-electron chi connectivity index (χ3n) is 2.40. The molecule has 1 aromatic carbocycles. The lowest BCUT2D eigenvalue weighted by molar-refractivity contribution is -0.117. The molecule has 0 radical (unpaired) electrons. The number of carbonyl (C=O) groups excluding carboxylic acids is 1. The summed E-state index contributed by atoms with van der Waals surface area (Å²) in [5.74, 6) is -0.412. The number of nitriles is 1. The molecule has 106 valence electrons. The van der Waals surface area contributed by atoms with Crippen LogP contribution in [0.2, 0.25) is 5.02 Å². The van der Waals surface area contributed by atoms with Gasteiger partial charge in [0.2, 0.25) is 0 Å². The Labute approximate surface area is 123 Å². The molecule has 2 N–H and O–H groups in total. The van der Waals surface area contributed by atoms with Gasteiger partial charge in [0.15, 0.2) is 0 Å². The highest BCUT2D eigenvalue weighted by Gasteiger charge is 2.07. The monoisotopic (exact) mass is 293 g/mol. The van der Waals surface area contributed by atoms with Gasteiger partial charge in [-0.2, -0.15) is 5.26 Å². The van der Waals surface area contributed by atoms with Crippen molar-refractivity contribution in [3.8, 4) is 6.07 Å². The summed E-state index contributed by atoms with van der Waals surface area (Å²) in [6, 6.07) is 8.80. The lowest BCUT2D eigenvalue weighted by atomic mass is 10.2. The standard InChI is InChI=1S/C14H16ClN3O2/c1-20-8-2-7-17-14(19)11(9-16)10-18-13-5-3-12(15)4-6-13/h3-6,10,18H,2,7-8H2,1H3,(H,17,19)/b11-10-. The number of rotatable bonds is 7. The van der Waals surface area contributed by atoms with Crippen LogP contribution in [0.5, 0.6) is 0 Å². The number of carbonyl (C=O) groups is 1. The van der Waals surface area contributed by atoms with Gasteiger partial charge >= 0.3 is 0 Å². The van der Waals surface area contributed by atoms with Crippen molar-refractivity contribution < 1.29 is 9.53 Å². The molecule has 5 nitrogen and oxygen atoms in total. The highest BCUT2D eigenvalue weighted by molar-refractivity contribution is 6.30. The first kappa shape index (κ1) is 16.0. The third kappa shape index (κ3) is 5.74. The van der Waals surface area contributed by atoms with Crippen molar-refractivity contribution >= 4 is 23.2 Å². The third-order valence-corrected chi connectivity index (χ3v) is 2.66. The van der Waals surface area contributed by atoms with Crippen LogP contribution in [0.25, 0.3) is 0 Å². The van der Waals surface area contributed by atoms with Crippen LogP contribution in [0, 0.1) is 11.3 Å². The molecule has 6 heteroatoms. The van der Waals surface area contributed by atoms with Gasteiger partial charge < -0.3 is 15.4 Å². The number of methoxy groups -OCH3 is 1. The van der Waals surface area contributed by atoms with Gasteiger partial charge in [-0.25, -0.2) is 0 Å². The van der Waals surface area contributed by atoms with Crippen molar-refractivity contribution in [1.29, 1.82) is 5.26 Å². The van der Waals surface area contributed by atoms with Crippen molar-refractivity contribution in [2.75, 3.05) is 25.6 Å². The van der Waals surface area contributed by atoms with Crippen molar-refractivity contribution in [3.63, 3.8) is 0 Å². The predicted octanol–water partition coefficient (Wildman–Crippen LogP) is 2.31. The molecule has 0 aliphatic carbocycles. The SMILES string of the molecule is COCCCNC(=O)/C(C#N)=C\Nc1ccc(Cl)cc1. The van der Waals surface area contributed by atoms with Gasteiger partial charge in [-0.05, 0) is 30.7 Å². The van der Waals surface area contributed by atoms with Crippen LogP contribution in [0.1, 0.15) is 6.42 Å². The molecule has 0 saturated carbocycles. The number of hydrogen-bond donors (Lipinski definition) is 2. The van der Waals surface area contributed by atoms with Crippen LogP contribution < -0.4 is 10.6 Å². The van der Waals surface area contributed by atoms with E-state index in [1.54, 1.807) is 31.4 Å². The Balaban J connectivity index is 2.52. The quantitative estimate of drug-likeness (QED) is 0.460. The fraction of sp³-hybridized carbons (Fsp3) is 0.286. The molecule has 1 rings (SSSR count). The minimum atomic E-state index is -0.412. The summed E-state index contributed by atoms with van der Waals surface area (Å²) < 4.78 is 4.87. The van der Waals surface area contributed by atoms with E-state index >= 15 is 0 Å². The molecule has 0 bridgehead atoms. The molecule has 0 spiro atoms. The van der Waals surface area contributed by atoms with Crippen LogP contribution in [0.3, 0.4) is 0 Å². The highest BCUT2D eigenvalue weighted by Crippen LogP contribution is 2.13. The van der Waals surface area contributed by atoms with Gasteiger partial charge in [0.05, 0.1) is 0 Å². The second-order valence-corrected chi connectivity index (χ2v) is 4.36. The number of nitrogens with one attached hydrogen (secondary N) is 2. The van der Waals surface area contributed by atoms with E-state index in [9.17, 15) is 4.79 Å². The molecule has 1 amide bonds. The zero-order valence-electron chi connectivity index (χ0n) is 11.1. The molecule has 20 heavy (non-hydrogen) atoms. The van der Waals surface area contributed by atoms with Gasteiger partial charge in [0.25, 0.3) is 5.91 Å². The summed E-state index contributed by atoms with van der Waals surface area (Å²) in [4.78, 5) is 11.7. The zero-order chi connectivity index (χ0) is 14.8. The van der Waals surface area contributed by atoms with Gasteiger partial charge in [-0.15, -0.1) is 0 Å². The van der Waals surface area contributed by atoms with E-state index in [0.717, 1.165) is 5.69 Å². The number of ether oxygens (including phenoxy) is 1. The number of benzene rings is 1. The number of anilines is 1. The number of halogens is 1.